The Morgan fingerprint density at radius 2 is 1.65 bits per heavy atom. The third-order valence-electron chi connectivity index (χ3n) is 6.66. The third kappa shape index (κ3) is 7.76. The van der Waals surface area contributed by atoms with Gasteiger partial charge in [-0.25, -0.2) is 8.42 Å². The van der Waals surface area contributed by atoms with Crippen molar-refractivity contribution in [3.8, 4) is 5.75 Å². The topological polar surface area (TPSA) is 96.0 Å². The Bertz CT molecular complexity index is 1410. The Balaban J connectivity index is 2.03. The number of hydrogen-bond donors (Lipinski definition) is 1. The predicted molar refractivity (Wildman–Crippen MR) is 158 cm³/mol. The Morgan fingerprint density at radius 1 is 1.00 bits per heavy atom. The van der Waals surface area contributed by atoms with E-state index in [-0.39, 0.29) is 29.1 Å². The summed E-state index contributed by atoms with van der Waals surface area (Å²) in [6, 6.07) is 18.9. The largest absolute Gasteiger partial charge is 0.497 e. The molecule has 3 rings (SSSR count). The van der Waals surface area contributed by atoms with Crippen LogP contribution in [0, 0.1) is 6.92 Å². The van der Waals surface area contributed by atoms with Crippen molar-refractivity contribution in [1.82, 2.24) is 10.2 Å². The molecule has 0 heterocycles. The molecule has 0 bridgehead atoms. The van der Waals surface area contributed by atoms with Crippen molar-refractivity contribution in [2.75, 3.05) is 18.0 Å². The number of rotatable bonds is 12. The van der Waals surface area contributed by atoms with Crippen molar-refractivity contribution in [3.05, 3.63) is 88.9 Å². The molecule has 0 fully saturated rings. The minimum Gasteiger partial charge on any atom is -0.497 e. The maximum atomic E-state index is 14.0. The highest BCUT2D eigenvalue weighted by Gasteiger charge is 2.32. The number of methoxy groups -OCH3 is 1. The van der Waals surface area contributed by atoms with Crippen molar-refractivity contribution in [2.45, 2.75) is 57.6 Å². The first-order valence-corrected chi connectivity index (χ1v) is 14.9. The second-order valence-electron chi connectivity index (χ2n) is 9.67. The molecule has 0 aromatic heterocycles. The third-order valence-corrected chi connectivity index (χ3v) is 8.68. The van der Waals surface area contributed by atoms with Crippen molar-refractivity contribution in [2.24, 2.45) is 0 Å². The van der Waals surface area contributed by atoms with Crippen LogP contribution in [0.4, 0.5) is 5.69 Å². The summed E-state index contributed by atoms with van der Waals surface area (Å²) >= 11 is 6.18. The first-order valence-electron chi connectivity index (χ1n) is 13.0. The molecule has 0 saturated carbocycles. The van der Waals surface area contributed by atoms with Crippen molar-refractivity contribution in [3.63, 3.8) is 0 Å². The lowest BCUT2D eigenvalue weighted by atomic mass is 10.1. The number of hydrogen-bond acceptors (Lipinski definition) is 5. The van der Waals surface area contributed by atoms with Crippen LogP contribution in [-0.2, 0) is 26.2 Å². The van der Waals surface area contributed by atoms with E-state index in [0.29, 0.717) is 16.3 Å². The summed E-state index contributed by atoms with van der Waals surface area (Å²) in [7, 11) is -2.63. The van der Waals surface area contributed by atoms with Crippen molar-refractivity contribution in [1.29, 1.82) is 0 Å². The minimum absolute atomic E-state index is 0.0469. The van der Waals surface area contributed by atoms with Crippen LogP contribution < -0.4 is 14.4 Å². The van der Waals surface area contributed by atoms with Crippen LogP contribution in [0.25, 0.3) is 0 Å². The molecule has 0 unspecified atom stereocenters. The Morgan fingerprint density at radius 3 is 2.23 bits per heavy atom. The molecule has 0 aliphatic heterocycles. The highest BCUT2D eigenvalue weighted by atomic mass is 35.5. The number of aryl methyl sites for hydroxylation is 1. The van der Waals surface area contributed by atoms with Crippen LogP contribution in [0.15, 0.2) is 77.7 Å². The molecule has 0 spiro atoms. The van der Waals surface area contributed by atoms with E-state index in [1.807, 2.05) is 20.8 Å². The van der Waals surface area contributed by atoms with Crippen LogP contribution in [0.1, 0.15) is 38.3 Å². The van der Waals surface area contributed by atoms with Gasteiger partial charge in [0.2, 0.25) is 11.8 Å². The summed E-state index contributed by atoms with van der Waals surface area (Å²) in [5.74, 6) is -0.332. The highest BCUT2D eigenvalue weighted by Crippen LogP contribution is 2.27. The fourth-order valence-corrected chi connectivity index (χ4v) is 5.62. The van der Waals surface area contributed by atoms with Gasteiger partial charge in [-0.05, 0) is 81.3 Å². The predicted octanol–water partition coefficient (Wildman–Crippen LogP) is 5.18. The van der Waals surface area contributed by atoms with Gasteiger partial charge in [-0.2, -0.15) is 0 Å². The molecule has 0 aliphatic carbocycles. The Hall–Kier alpha value is -3.56. The van der Waals surface area contributed by atoms with E-state index >= 15 is 0 Å². The van der Waals surface area contributed by atoms with Gasteiger partial charge in [0.15, 0.2) is 0 Å². The maximum Gasteiger partial charge on any atom is 0.264 e. The van der Waals surface area contributed by atoms with E-state index in [9.17, 15) is 18.0 Å². The SMILES string of the molecule is CC[C@H](C)NC(=O)[C@H](C)N(Cc1cccc(Cl)c1)C(=O)CN(c1ccc(OC)cc1)S(=O)(=O)c1ccc(C)cc1. The smallest absolute Gasteiger partial charge is 0.264 e. The molecule has 0 aliphatic rings. The molecule has 0 radical (unpaired) electrons. The highest BCUT2D eigenvalue weighted by molar-refractivity contribution is 7.92. The molecule has 10 heteroatoms. The number of amides is 2. The zero-order chi connectivity index (χ0) is 29.4. The fraction of sp³-hybridized carbons (Fsp3) is 0.333. The first kappa shape index (κ1) is 31.0. The number of benzene rings is 3. The van der Waals surface area contributed by atoms with Gasteiger partial charge in [0, 0.05) is 17.6 Å². The van der Waals surface area contributed by atoms with E-state index in [1.54, 1.807) is 67.6 Å². The number of ether oxygens (including phenoxy) is 1. The number of sulfonamides is 1. The number of carbonyl (C=O) groups is 2. The molecule has 2 atom stereocenters. The van der Waals surface area contributed by atoms with E-state index in [1.165, 1.54) is 24.1 Å². The molecule has 0 saturated heterocycles. The first-order chi connectivity index (χ1) is 19.0. The zero-order valence-electron chi connectivity index (χ0n) is 23.4. The van der Waals surface area contributed by atoms with Crippen LogP contribution in [0.3, 0.4) is 0 Å². The summed E-state index contributed by atoms with van der Waals surface area (Å²) in [5.41, 5.74) is 1.90. The van der Waals surface area contributed by atoms with Crippen LogP contribution >= 0.6 is 11.6 Å². The summed E-state index contributed by atoms with van der Waals surface area (Å²) < 4.78 is 34.0. The molecule has 1 N–H and O–H groups in total. The standard InChI is InChI=1S/C30H36ClN3O5S/c1-6-22(3)32-30(36)23(4)33(19-24-8-7-9-25(31)18-24)29(35)20-34(26-12-14-27(39-5)15-13-26)40(37,38)28-16-10-21(2)11-17-28/h7-18,22-23H,6,19-20H2,1-5H3,(H,32,36)/t22-,23-/m0/s1. The molecule has 2 amide bonds. The van der Waals surface area contributed by atoms with Gasteiger partial charge in [-0.1, -0.05) is 48.4 Å². The van der Waals surface area contributed by atoms with Gasteiger partial charge in [-0.15, -0.1) is 0 Å². The average molecular weight is 586 g/mol. The van der Waals surface area contributed by atoms with E-state index < -0.39 is 28.5 Å². The fourth-order valence-electron chi connectivity index (χ4n) is 3.99. The van der Waals surface area contributed by atoms with Gasteiger partial charge in [0.1, 0.15) is 18.3 Å². The van der Waals surface area contributed by atoms with Gasteiger partial charge < -0.3 is 15.0 Å². The zero-order valence-corrected chi connectivity index (χ0v) is 25.0. The maximum absolute atomic E-state index is 14.0. The van der Waals surface area contributed by atoms with E-state index in [0.717, 1.165) is 16.3 Å². The number of nitrogens with one attached hydrogen (secondary N) is 1. The van der Waals surface area contributed by atoms with Crippen molar-refractivity contribution < 1.29 is 22.7 Å². The van der Waals surface area contributed by atoms with Crippen LogP contribution in [0.5, 0.6) is 5.75 Å². The lowest BCUT2D eigenvalue weighted by molar-refractivity contribution is -0.139. The second-order valence-corrected chi connectivity index (χ2v) is 12.0. The molecular formula is C30H36ClN3O5S. The second kappa shape index (κ2) is 13.7. The summed E-state index contributed by atoms with van der Waals surface area (Å²) in [6.07, 6.45) is 0.723. The van der Waals surface area contributed by atoms with Crippen LogP contribution in [-0.4, -0.2) is 50.9 Å². The molecule has 3 aromatic carbocycles. The summed E-state index contributed by atoms with van der Waals surface area (Å²) in [6.45, 7) is 6.87. The van der Waals surface area contributed by atoms with Crippen LogP contribution in [0.2, 0.25) is 5.02 Å². The summed E-state index contributed by atoms with van der Waals surface area (Å²) in [5, 5.41) is 3.41. The quantitative estimate of drug-likeness (QED) is 0.316. The summed E-state index contributed by atoms with van der Waals surface area (Å²) in [4.78, 5) is 28.5. The van der Waals surface area contributed by atoms with Gasteiger partial charge >= 0.3 is 0 Å². The van der Waals surface area contributed by atoms with E-state index in [4.69, 9.17) is 16.3 Å². The molecule has 40 heavy (non-hydrogen) atoms. The molecule has 3 aromatic rings. The minimum atomic E-state index is -4.14. The lowest BCUT2D eigenvalue weighted by Crippen LogP contribution is -2.52. The number of nitrogens with zero attached hydrogens (tertiary/aromatic N) is 2. The Kier molecular flexibility index (Phi) is 10.6. The number of halogens is 1. The van der Waals surface area contributed by atoms with Gasteiger partial charge in [-0.3, -0.25) is 13.9 Å². The molecular weight excluding hydrogens is 550 g/mol. The van der Waals surface area contributed by atoms with Gasteiger partial charge in [0.05, 0.1) is 17.7 Å². The number of carbonyl (C=O) groups excluding carboxylic acids is 2. The van der Waals surface area contributed by atoms with Crippen molar-refractivity contribution >= 4 is 39.1 Å². The average Bonchev–Trinajstić information content (AvgIpc) is 2.94. The van der Waals surface area contributed by atoms with Gasteiger partial charge in [0.25, 0.3) is 10.0 Å². The monoisotopic (exact) mass is 585 g/mol. The molecule has 214 valence electrons. The normalized spacial score (nSPS) is 12.8. The molecule has 8 nitrogen and oxygen atoms in total. The Labute approximate surface area is 241 Å². The van der Waals surface area contributed by atoms with E-state index in [2.05, 4.69) is 5.32 Å². The lowest BCUT2D eigenvalue weighted by Gasteiger charge is -2.32. The number of anilines is 1.